The van der Waals surface area contributed by atoms with Crippen LogP contribution in [0.1, 0.15) is 30.6 Å². The van der Waals surface area contributed by atoms with Crippen LogP contribution in [-0.4, -0.2) is 33.8 Å². The van der Waals surface area contributed by atoms with Crippen LogP contribution >= 0.6 is 11.6 Å². The quantitative estimate of drug-likeness (QED) is 0.478. The Morgan fingerprint density at radius 3 is 2.60 bits per heavy atom. The summed E-state index contributed by atoms with van der Waals surface area (Å²) in [6, 6.07) is 1.20. The smallest absolute Gasteiger partial charge is 0.288 e. The number of likely N-dealkylation sites (tertiary alicyclic amines) is 1. The van der Waals surface area contributed by atoms with Gasteiger partial charge in [-0.25, -0.2) is 4.98 Å². The third kappa shape index (κ3) is 3.07. The zero-order valence-electron chi connectivity index (χ0n) is 11.4. The summed E-state index contributed by atoms with van der Waals surface area (Å²) >= 11 is 5.91. The lowest BCUT2D eigenvalue weighted by Crippen LogP contribution is -2.42. The molecule has 7 heteroatoms. The van der Waals surface area contributed by atoms with Crippen LogP contribution in [0.4, 0.5) is 5.69 Å². The molecule has 1 amide bonds. The van der Waals surface area contributed by atoms with Crippen molar-refractivity contribution in [2.45, 2.75) is 20.3 Å². The molecular formula is C13H16ClN3O3. The molecule has 1 saturated heterocycles. The van der Waals surface area contributed by atoms with Crippen molar-refractivity contribution in [1.82, 2.24) is 9.88 Å². The Bertz CT molecular complexity index is 540. The first kappa shape index (κ1) is 14.7. The number of aromatic nitrogens is 1. The molecule has 108 valence electrons. The Morgan fingerprint density at radius 1 is 1.45 bits per heavy atom. The molecule has 0 spiro atoms. The van der Waals surface area contributed by atoms with Gasteiger partial charge in [-0.2, -0.15) is 0 Å². The Balaban J connectivity index is 2.28. The standard InChI is InChI=1S/C13H16ClN3O3/c1-8-3-9(2)7-16(6-8)13(18)11-4-10(17(19)20)5-15-12(11)14/h4-5,8-9H,3,6-7H2,1-2H3. The summed E-state index contributed by atoms with van der Waals surface area (Å²) in [6.07, 6.45) is 2.13. The molecule has 0 aromatic carbocycles. The summed E-state index contributed by atoms with van der Waals surface area (Å²) in [6.45, 7) is 5.46. The molecule has 0 saturated carbocycles. The maximum atomic E-state index is 12.5. The third-order valence-corrected chi connectivity index (χ3v) is 3.72. The van der Waals surface area contributed by atoms with Crippen LogP contribution in [-0.2, 0) is 0 Å². The van der Waals surface area contributed by atoms with Gasteiger partial charge in [-0.1, -0.05) is 25.4 Å². The number of amides is 1. The molecule has 0 radical (unpaired) electrons. The largest absolute Gasteiger partial charge is 0.338 e. The van der Waals surface area contributed by atoms with Gasteiger partial charge in [-0.15, -0.1) is 0 Å². The first-order chi connectivity index (χ1) is 9.38. The third-order valence-electron chi connectivity index (χ3n) is 3.42. The van der Waals surface area contributed by atoms with Gasteiger partial charge >= 0.3 is 0 Å². The van der Waals surface area contributed by atoms with Crippen molar-refractivity contribution in [3.8, 4) is 0 Å². The second-order valence-corrected chi connectivity index (χ2v) is 5.80. The van der Waals surface area contributed by atoms with Gasteiger partial charge in [-0.05, 0) is 18.3 Å². The molecule has 1 aromatic heterocycles. The van der Waals surface area contributed by atoms with Crippen LogP contribution in [0.3, 0.4) is 0 Å². The highest BCUT2D eigenvalue weighted by Gasteiger charge is 2.28. The summed E-state index contributed by atoms with van der Waals surface area (Å²) in [4.78, 5) is 28.1. The number of hydrogen-bond donors (Lipinski definition) is 0. The Labute approximate surface area is 121 Å². The Kier molecular flexibility index (Phi) is 4.23. The zero-order chi connectivity index (χ0) is 14.9. The number of carbonyl (C=O) groups is 1. The molecule has 2 unspecified atom stereocenters. The molecule has 1 fully saturated rings. The van der Waals surface area contributed by atoms with E-state index in [4.69, 9.17) is 11.6 Å². The van der Waals surface area contributed by atoms with E-state index in [-0.39, 0.29) is 22.3 Å². The molecule has 1 aliphatic heterocycles. The molecule has 20 heavy (non-hydrogen) atoms. The van der Waals surface area contributed by atoms with Gasteiger partial charge in [0, 0.05) is 19.2 Å². The molecular weight excluding hydrogens is 282 g/mol. The lowest BCUT2D eigenvalue weighted by molar-refractivity contribution is -0.385. The van der Waals surface area contributed by atoms with Crippen LogP contribution in [0, 0.1) is 22.0 Å². The first-order valence-electron chi connectivity index (χ1n) is 6.47. The molecule has 6 nitrogen and oxygen atoms in total. The van der Waals surface area contributed by atoms with Crippen molar-refractivity contribution in [3.05, 3.63) is 33.1 Å². The monoisotopic (exact) mass is 297 g/mol. The van der Waals surface area contributed by atoms with Crippen molar-refractivity contribution in [2.24, 2.45) is 11.8 Å². The van der Waals surface area contributed by atoms with Gasteiger partial charge in [0.1, 0.15) is 11.3 Å². The minimum Gasteiger partial charge on any atom is -0.338 e. The molecule has 0 bridgehead atoms. The highest BCUT2D eigenvalue weighted by molar-refractivity contribution is 6.32. The van der Waals surface area contributed by atoms with E-state index < -0.39 is 4.92 Å². The van der Waals surface area contributed by atoms with Crippen LogP contribution in [0.25, 0.3) is 0 Å². The van der Waals surface area contributed by atoms with E-state index in [1.165, 1.54) is 6.07 Å². The summed E-state index contributed by atoms with van der Waals surface area (Å²) < 4.78 is 0. The van der Waals surface area contributed by atoms with E-state index in [9.17, 15) is 14.9 Å². The van der Waals surface area contributed by atoms with Gasteiger partial charge in [0.25, 0.3) is 11.6 Å². The SMILES string of the molecule is CC1CC(C)CN(C(=O)c2cc([N+](=O)[O-])cnc2Cl)C1. The molecule has 1 aromatic rings. The summed E-state index contributed by atoms with van der Waals surface area (Å²) in [5, 5.41) is 10.8. The van der Waals surface area contributed by atoms with Crippen molar-refractivity contribution < 1.29 is 9.72 Å². The fraction of sp³-hybridized carbons (Fsp3) is 0.538. The van der Waals surface area contributed by atoms with Gasteiger partial charge in [0.15, 0.2) is 0 Å². The number of hydrogen-bond acceptors (Lipinski definition) is 4. The number of rotatable bonds is 2. The molecule has 0 aliphatic carbocycles. The fourth-order valence-electron chi connectivity index (χ4n) is 2.69. The summed E-state index contributed by atoms with van der Waals surface area (Å²) in [5.41, 5.74) is -0.127. The lowest BCUT2D eigenvalue weighted by Gasteiger charge is -2.35. The normalized spacial score (nSPS) is 22.6. The summed E-state index contributed by atoms with van der Waals surface area (Å²) in [7, 11) is 0. The molecule has 1 aliphatic rings. The van der Waals surface area contributed by atoms with Crippen LogP contribution in [0.5, 0.6) is 0 Å². The number of nitro groups is 1. The maximum Gasteiger partial charge on any atom is 0.288 e. The van der Waals surface area contributed by atoms with E-state index in [0.29, 0.717) is 24.9 Å². The van der Waals surface area contributed by atoms with Gasteiger partial charge < -0.3 is 4.90 Å². The molecule has 2 rings (SSSR count). The van der Waals surface area contributed by atoms with E-state index >= 15 is 0 Å². The van der Waals surface area contributed by atoms with Crippen molar-refractivity contribution >= 4 is 23.2 Å². The highest BCUT2D eigenvalue weighted by atomic mass is 35.5. The van der Waals surface area contributed by atoms with E-state index in [1.54, 1.807) is 4.90 Å². The van der Waals surface area contributed by atoms with Crippen molar-refractivity contribution in [1.29, 1.82) is 0 Å². The lowest BCUT2D eigenvalue weighted by atomic mass is 9.91. The van der Waals surface area contributed by atoms with Crippen molar-refractivity contribution in [2.75, 3.05) is 13.1 Å². The first-order valence-corrected chi connectivity index (χ1v) is 6.85. The second kappa shape index (κ2) is 5.75. The minimum atomic E-state index is -0.582. The van der Waals surface area contributed by atoms with Crippen LogP contribution in [0.2, 0.25) is 5.15 Å². The van der Waals surface area contributed by atoms with E-state index in [0.717, 1.165) is 12.6 Å². The number of pyridine rings is 1. The molecule has 2 heterocycles. The summed E-state index contributed by atoms with van der Waals surface area (Å²) in [5.74, 6) is 0.533. The number of piperidine rings is 1. The second-order valence-electron chi connectivity index (χ2n) is 5.45. The average Bonchev–Trinajstić information content (AvgIpc) is 2.37. The van der Waals surface area contributed by atoms with E-state index in [1.807, 2.05) is 0 Å². The molecule has 2 atom stereocenters. The zero-order valence-corrected chi connectivity index (χ0v) is 12.1. The number of halogens is 1. The number of nitrogens with zero attached hydrogens (tertiary/aromatic N) is 3. The average molecular weight is 298 g/mol. The van der Waals surface area contributed by atoms with Gasteiger partial charge in [0.2, 0.25) is 0 Å². The maximum absolute atomic E-state index is 12.5. The van der Waals surface area contributed by atoms with Crippen molar-refractivity contribution in [3.63, 3.8) is 0 Å². The Hall–Kier alpha value is -1.69. The number of carbonyl (C=O) groups excluding carboxylic acids is 1. The topological polar surface area (TPSA) is 76.3 Å². The van der Waals surface area contributed by atoms with Crippen LogP contribution in [0.15, 0.2) is 12.3 Å². The molecule has 0 N–H and O–H groups in total. The highest BCUT2D eigenvalue weighted by Crippen LogP contribution is 2.25. The minimum absolute atomic E-state index is 0.00600. The van der Waals surface area contributed by atoms with Gasteiger partial charge in [-0.3, -0.25) is 14.9 Å². The van der Waals surface area contributed by atoms with Crippen LogP contribution < -0.4 is 0 Å². The van der Waals surface area contributed by atoms with E-state index in [2.05, 4.69) is 18.8 Å². The Morgan fingerprint density at radius 2 is 2.05 bits per heavy atom. The predicted molar refractivity (Wildman–Crippen MR) is 74.7 cm³/mol. The van der Waals surface area contributed by atoms with Gasteiger partial charge in [0.05, 0.1) is 10.5 Å². The predicted octanol–water partition coefficient (Wildman–Crippen LogP) is 2.76. The fourth-order valence-corrected chi connectivity index (χ4v) is 2.87.